The van der Waals surface area contributed by atoms with Crippen molar-refractivity contribution in [3.05, 3.63) is 87.9 Å². The Morgan fingerprint density at radius 1 is 1.05 bits per heavy atom. The van der Waals surface area contributed by atoms with Crippen LogP contribution in [0.15, 0.2) is 65.5 Å². The van der Waals surface area contributed by atoms with Crippen LogP contribution in [-0.4, -0.2) is 71.1 Å². The van der Waals surface area contributed by atoms with Gasteiger partial charge < -0.3 is 20.1 Å². The lowest BCUT2D eigenvalue weighted by Gasteiger charge is -2.37. The highest BCUT2D eigenvalue weighted by Gasteiger charge is 2.20. The third-order valence-electron chi connectivity index (χ3n) is 8.11. The summed E-state index contributed by atoms with van der Waals surface area (Å²) in [6.07, 6.45) is 16.7. The molecule has 0 radical (unpaired) electrons. The van der Waals surface area contributed by atoms with Crippen molar-refractivity contribution < 1.29 is 4.79 Å². The zero-order valence-electron chi connectivity index (χ0n) is 26.1. The molecule has 1 saturated carbocycles. The van der Waals surface area contributed by atoms with Crippen molar-refractivity contribution in [2.75, 3.05) is 33.2 Å². The number of piperazine rings is 1. The third kappa shape index (κ3) is 12.5. The van der Waals surface area contributed by atoms with Gasteiger partial charge in [-0.15, -0.1) is 0 Å². The number of hydrogen-bond donors (Lipinski definition) is 2. The summed E-state index contributed by atoms with van der Waals surface area (Å²) in [5.74, 6) is 0. The fourth-order valence-electron chi connectivity index (χ4n) is 5.32. The normalized spacial score (nSPS) is 17.1. The molecule has 9 heteroatoms. The minimum atomic E-state index is 0.483. The van der Waals surface area contributed by atoms with Crippen molar-refractivity contribution in [3.63, 3.8) is 0 Å². The van der Waals surface area contributed by atoms with E-state index < -0.39 is 0 Å². The van der Waals surface area contributed by atoms with E-state index in [4.69, 9.17) is 11.7 Å². The number of amides is 1. The van der Waals surface area contributed by atoms with E-state index in [0.717, 1.165) is 48.2 Å². The molecule has 1 amide bonds. The van der Waals surface area contributed by atoms with E-state index >= 15 is 0 Å². The number of aromatic nitrogens is 2. The number of rotatable bonds is 9. The third-order valence-corrected chi connectivity index (χ3v) is 8.64. The summed E-state index contributed by atoms with van der Waals surface area (Å²) < 4.78 is 3.24. The molecule has 1 aliphatic carbocycles. The molecule has 5 rings (SSSR count). The number of hydrogen-bond acceptors (Lipinski definition) is 6. The van der Waals surface area contributed by atoms with Gasteiger partial charge in [0.05, 0.1) is 18.0 Å². The average Bonchev–Trinajstić information content (AvgIpc) is 3.48. The Balaban J connectivity index is 0.000000191. The molecule has 2 heterocycles. The second kappa shape index (κ2) is 19.6. The maximum Gasteiger partial charge on any atom is 0.207 e. The lowest BCUT2D eigenvalue weighted by Crippen LogP contribution is -2.49. The summed E-state index contributed by atoms with van der Waals surface area (Å²) in [5, 5.41) is 14.4. The lowest BCUT2D eigenvalue weighted by atomic mass is 9.96. The van der Waals surface area contributed by atoms with Gasteiger partial charge in [-0.05, 0) is 62.2 Å². The molecule has 2 aromatic carbocycles. The van der Waals surface area contributed by atoms with Gasteiger partial charge in [-0.1, -0.05) is 65.9 Å². The van der Waals surface area contributed by atoms with Gasteiger partial charge in [0, 0.05) is 80.2 Å². The molecular weight excluding hydrogens is 614 g/mol. The Bertz CT molecular complexity index is 1320. The van der Waals surface area contributed by atoms with Gasteiger partial charge in [-0.25, -0.2) is 4.98 Å². The smallest absolute Gasteiger partial charge is 0.207 e. The highest BCUT2D eigenvalue weighted by atomic mass is 79.9. The van der Waals surface area contributed by atoms with Crippen LogP contribution in [0.4, 0.5) is 0 Å². The Kier molecular flexibility index (Phi) is 15.5. The summed E-state index contributed by atoms with van der Waals surface area (Å²) in [4.78, 5) is 19.1. The maximum absolute atomic E-state index is 9.96. The number of halogens is 1. The molecule has 0 spiro atoms. The minimum absolute atomic E-state index is 0.483. The van der Waals surface area contributed by atoms with E-state index in [1.807, 2.05) is 36.8 Å². The lowest BCUT2D eigenvalue weighted by molar-refractivity contribution is -0.110. The quantitative estimate of drug-likeness (QED) is 0.143. The number of carbonyl (C=O) groups is 1. The molecule has 1 saturated heterocycles. The van der Waals surface area contributed by atoms with E-state index in [-0.39, 0.29) is 0 Å². The van der Waals surface area contributed by atoms with Crippen LogP contribution in [0.3, 0.4) is 0 Å². The summed E-state index contributed by atoms with van der Waals surface area (Å²) in [7, 11) is 2.21. The van der Waals surface area contributed by atoms with Crippen molar-refractivity contribution in [1.82, 2.24) is 30.0 Å². The number of nitrogens with one attached hydrogen (secondary N) is 2. The summed E-state index contributed by atoms with van der Waals surface area (Å²) in [6.45, 7) is 8.38. The molecule has 0 bridgehead atoms. The first-order chi connectivity index (χ1) is 21.4. The molecule has 234 valence electrons. The van der Waals surface area contributed by atoms with E-state index in [2.05, 4.69) is 96.3 Å². The predicted molar refractivity (Wildman–Crippen MR) is 181 cm³/mol. The van der Waals surface area contributed by atoms with Crippen LogP contribution >= 0.6 is 15.9 Å². The van der Waals surface area contributed by atoms with Crippen LogP contribution in [0.25, 0.3) is 0 Å². The molecule has 2 fully saturated rings. The molecule has 1 aliphatic heterocycles. The Morgan fingerprint density at radius 3 is 2.36 bits per heavy atom. The standard InChI is InChI=1S/C15H14N4.C13H19BrN2.C7H13NO/c1-2-17-8-7-15-10-18-12-19(15)11-14-5-3-13(9-16)4-6-14;1-11-9-16(8-7-15(11)2)10-12-3-5-13(14)6-4-12;9-6-8-7-4-2-1-3-5-7/h1,3-6,10,12,17H,7-8,11H2;3-6,11H,7-10H2,1-2H3;6-7H,1-5H2,(H,8,9). The highest BCUT2D eigenvalue weighted by molar-refractivity contribution is 9.10. The molecule has 1 aromatic heterocycles. The van der Waals surface area contributed by atoms with Gasteiger partial charge in [0.25, 0.3) is 0 Å². The highest BCUT2D eigenvalue weighted by Crippen LogP contribution is 2.17. The Labute approximate surface area is 272 Å². The maximum atomic E-state index is 9.96. The summed E-state index contributed by atoms with van der Waals surface area (Å²) in [5.41, 5.74) is 4.35. The van der Waals surface area contributed by atoms with Gasteiger partial charge in [-0.3, -0.25) is 9.69 Å². The molecule has 8 nitrogen and oxygen atoms in total. The number of nitrogens with zero attached hydrogens (tertiary/aromatic N) is 5. The van der Waals surface area contributed by atoms with Crippen molar-refractivity contribution in [2.24, 2.45) is 0 Å². The number of terminal acetylenes is 1. The number of carbonyl (C=O) groups excluding carboxylic acids is 1. The van der Waals surface area contributed by atoms with Crippen molar-refractivity contribution in [1.29, 1.82) is 5.26 Å². The molecular formula is C35H46BrN7O. The van der Waals surface area contributed by atoms with Gasteiger partial charge in [-0.2, -0.15) is 5.26 Å². The van der Waals surface area contributed by atoms with Gasteiger partial charge in [0.2, 0.25) is 6.41 Å². The van der Waals surface area contributed by atoms with E-state index in [1.54, 1.807) is 0 Å². The molecule has 44 heavy (non-hydrogen) atoms. The summed E-state index contributed by atoms with van der Waals surface area (Å²) in [6, 6.07) is 21.9. The molecule has 3 aromatic rings. The van der Waals surface area contributed by atoms with Crippen molar-refractivity contribution in [3.8, 4) is 18.5 Å². The first-order valence-electron chi connectivity index (χ1n) is 15.4. The largest absolute Gasteiger partial charge is 0.356 e. The second-order valence-corrected chi connectivity index (χ2v) is 12.4. The van der Waals surface area contributed by atoms with E-state index in [1.165, 1.54) is 57.3 Å². The fourth-order valence-corrected chi connectivity index (χ4v) is 5.59. The second-order valence-electron chi connectivity index (χ2n) is 11.5. The molecule has 2 aliphatic rings. The first kappa shape index (κ1) is 34.9. The van der Waals surface area contributed by atoms with Crippen molar-refractivity contribution in [2.45, 2.75) is 70.6 Å². The van der Waals surface area contributed by atoms with Gasteiger partial charge in [0.1, 0.15) is 0 Å². The number of benzene rings is 2. The van der Waals surface area contributed by atoms with Crippen LogP contribution in [0.5, 0.6) is 0 Å². The monoisotopic (exact) mass is 659 g/mol. The predicted octanol–water partition coefficient (Wildman–Crippen LogP) is 5.18. The zero-order chi connectivity index (χ0) is 31.6. The number of likely N-dealkylation sites (N-methyl/N-ethyl adjacent to an activating group) is 1. The summed E-state index contributed by atoms with van der Waals surface area (Å²) >= 11 is 3.47. The van der Waals surface area contributed by atoms with Crippen LogP contribution < -0.4 is 10.6 Å². The SMILES string of the molecule is C#CNCCc1cncn1Cc1ccc(C#N)cc1.CC1CN(Cc2ccc(Br)cc2)CCN1C.O=CNC1CCCCC1. The fraction of sp³-hybridized carbons (Fsp3) is 0.457. The van der Waals surface area contributed by atoms with Crippen LogP contribution in [0.1, 0.15) is 61.4 Å². The molecule has 2 N–H and O–H groups in total. The van der Waals surface area contributed by atoms with Crippen LogP contribution in [0.2, 0.25) is 0 Å². The van der Waals surface area contributed by atoms with Crippen LogP contribution in [-0.2, 0) is 24.3 Å². The molecule has 1 unspecified atom stereocenters. The average molecular weight is 661 g/mol. The van der Waals surface area contributed by atoms with E-state index in [0.29, 0.717) is 17.6 Å². The Morgan fingerprint density at radius 2 is 1.73 bits per heavy atom. The zero-order valence-corrected chi connectivity index (χ0v) is 27.7. The Hall–Kier alpha value is -3.63. The van der Waals surface area contributed by atoms with Gasteiger partial charge in [0.15, 0.2) is 0 Å². The van der Waals surface area contributed by atoms with E-state index in [9.17, 15) is 4.79 Å². The number of nitriles is 1. The topological polar surface area (TPSA) is 89.2 Å². The van der Waals surface area contributed by atoms with Crippen LogP contribution in [0, 0.1) is 23.8 Å². The van der Waals surface area contributed by atoms with Gasteiger partial charge >= 0.3 is 0 Å². The first-order valence-corrected chi connectivity index (χ1v) is 16.2. The number of imidazole rings is 1. The van der Waals surface area contributed by atoms with Crippen molar-refractivity contribution >= 4 is 22.3 Å². The minimum Gasteiger partial charge on any atom is -0.356 e. The molecule has 1 atom stereocenters.